The molecule has 4 rings (SSSR count). The highest BCUT2D eigenvalue weighted by Gasteiger charge is 2.33. The van der Waals surface area contributed by atoms with Crippen LogP contribution in [0.4, 0.5) is 0 Å². The molecule has 0 aliphatic carbocycles. The van der Waals surface area contributed by atoms with Gasteiger partial charge in [0.2, 0.25) is 0 Å². The van der Waals surface area contributed by atoms with Crippen molar-refractivity contribution in [3.8, 4) is 0 Å². The number of pyridine rings is 1. The summed E-state index contributed by atoms with van der Waals surface area (Å²) in [7, 11) is 0. The number of nitrogens with zero attached hydrogens (tertiary/aromatic N) is 3. The van der Waals surface area contributed by atoms with Crippen LogP contribution in [0.1, 0.15) is 45.1 Å². The molecule has 176 valence electrons. The van der Waals surface area contributed by atoms with E-state index in [1.807, 2.05) is 36.4 Å². The first-order valence-electron chi connectivity index (χ1n) is 11.5. The number of thiocarbonyl (C=S) groups is 1. The lowest BCUT2D eigenvalue weighted by Crippen LogP contribution is -2.33. The van der Waals surface area contributed by atoms with Crippen LogP contribution in [0, 0.1) is 5.92 Å². The molecule has 0 bridgehead atoms. The lowest BCUT2D eigenvalue weighted by atomic mass is 9.99. The highest BCUT2D eigenvalue weighted by Crippen LogP contribution is 2.36. The van der Waals surface area contributed by atoms with Crippen molar-refractivity contribution in [1.82, 2.24) is 14.3 Å². The number of rotatable bonds is 9. The van der Waals surface area contributed by atoms with Gasteiger partial charge in [0.15, 0.2) is 0 Å². The second-order valence-electron chi connectivity index (χ2n) is 8.19. The average Bonchev–Trinajstić information content (AvgIpc) is 3.11. The quantitative estimate of drug-likeness (QED) is 0.193. The maximum atomic E-state index is 13.4. The molecule has 1 amide bonds. The molecular weight excluding hydrogens is 483 g/mol. The summed E-state index contributed by atoms with van der Waals surface area (Å²) in [5, 5.41) is 0.571. The van der Waals surface area contributed by atoms with Crippen LogP contribution in [-0.4, -0.2) is 31.1 Å². The summed E-state index contributed by atoms with van der Waals surface area (Å²) < 4.78 is 2.07. The van der Waals surface area contributed by atoms with E-state index in [9.17, 15) is 9.59 Å². The molecule has 0 saturated carbocycles. The first-order chi connectivity index (χ1) is 16.5. The zero-order valence-corrected chi connectivity index (χ0v) is 21.7. The molecule has 0 N–H and O–H groups in total. The van der Waals surface area contributed by atoms with Crippen molar-refractivity contribution in [2.75, 3.05) is 6.54 Å². The summed E-state index contributed by atoms with van der Waals surface area (Å²) in [5.74, 6) is 0.289. The largest absolute Gasteiger partial charge is 0.293 e. The van der Waals surface area contributed by atoms with Crippen molar-refractivity contribution in [1.29, 1.82) is 0 Å². The Labute approximate surface area is 213 Å². The first-order valence-corrected chi connectivity index (χ1v) is 13.6. The summed E-state index contributed by atoms with van der Waals surface area (Å²) in [6, 6.07) is 15.3. The molecule has 0 radical (unpaired) electrons. The van der Waals surface area contributed by atoms with Crippen LogP contribution in [0.15, 0.2) is 74.3 Å². The monoisotopic (exact) mass is 509 g/mol. The number of hydrogen-bond donors (Lipinski definition) is 0. The van der Waals surface area contributed by atoms with Crippen molar-refractivity contribution >= 4 is 57.7 Å². The molecule has 1 aliphatic rings. The lowest BCUT2D eigenvalue weighted by molar-refractivity contribution is -0.122. The van der Waals surface area contributed by atoms with Crippen molar-refractivity contribution < 1.29 is 4.79 Å². The molecule has 3 heterocycles. The molecular formula is C26H27N3O2S3. The normalized spacial score (nSPS) is 16.1. The summed E-state index contributed by atoms with van der Waals surface area (Å²) in [4.78, 5) is 34.6. The van der Waals surface area contributed by atoms with Crippen molar-refractivity contribution in [3.05, 3.63) is 75.6 Å². The fourth-order valence-electron chi connectivity index (χ4n) is 3.85. The number of unbranched alkanes of at least 4 members (excludes halogenated alkanes) is 1. The minimum absolute atomic E-state index is 0.127. The standard InChI is InChI=1S/C26H27N3O2S3/c1-3-5-11-18(4-2)17-29-25(31)21(34-26(29)32)16-20-23(33-19-12-7-6-8-13-19)27-22-14-9-10-15-28(22)24(20)30/h6-10,12-16,18H,3-5,11,17H2,1-2H3. The van der Waals surface area contributed by atoms with E-state index in [-0.39, 0.29) is 11.5 Å². The van der Waals surface area contributed by atoms with Crippen molar-refractivity contribution in [2.45, 2.75) is 49.5 Å². The van der Waals surface area contributed by atoms with Crippen LogP contribution in [0.25, 0.3) is 11.7 Å². The fourth-order valence-corrected chi connectivity index (χ4v) is 6.02. The Bertz CT molecular complexity index is 1290. The number of carbonyl (C=O) groups is 1. The number of carbonyl (C=O) groups excluding carboxylic acids is 1. The molecule has 1 saturated heterocycles. The van der Waals surface area contributed by atoms with Gasteiger partial charge in [-0.25, -0.2) is 4.98 Å². The average molecular weight is 510 g/mol. The van der Waals surface area contributed by atoms with Crippen LogP contribution in [0.5, 0.6) is 0 Å². The van der Waals surface area contributed by atoms with E-state index >= 15 is 0 Å². The van der Waals surface area contributed by atoms with E-state index in [1.54, 1.807) is 29.3 Å². The second kappa shape index (κ2) is 11.3. The molecule has 1 aliphatic heterocycles. The van der Waals surface area contributed by atoms with Gasteiger partial charge in [0.05, 0.1) is 10.5 Å². The summed E-state index contributed by atoms with van der Waals surface area (Å²) in [6.07, 6.45) is 7.73. The van der Waals surface area contributed by atoms with E-state index in [0.29, 0.717) is 37.9 Å². The van der Waals surface area contributed by atoms with Crippen LogP contribution >= 0.6 is 35.7 Å². The van der Waals surface area contributed by atoms with Gasteiger partial charge in [-0.2, -0.15) is 0 Å². The Morgan fingerprint density at radius 3 is 2.62 bits per heavy atom. The summed E-state index contributed by atoms with van der Waals surface area (Å²) >= 11 is 8.24. The molecule has 0 spiro atoms. The number of fused-ring (bicyclic) bond motifs is 1. The number of aromatic nitrogens is 2. The molecule has 1 atom stereocenters. The van der Waals surface area contributed by atoms with Gasteiger partial charge >= 0.3 is 0 Å². The van der Waals surface area contributed by atoms with Crippen LogP contribution < -0.4 is 5.56 Å². The highest BCUT2D eigenvalue weighted by atomic mass is 32.2. The second-order valence-corrected chi connectivity index (χ2v) is 10.9. The molecule has 5 nitrogen and oxygen atoms in total. The van der Waals surface area contributed by atoms with Crippen LogP contribution in [0.2, 0.25) is 0 Å². The fraction of sp³-hybridized carbons (Fsp3) is 0.308. The van der Waals surface area contributed by atoms with Crippen molar-refractivity contribution in [3.63, 3.8) is 0 Å². The first kappa shape index (κ1) is 24.7. The van der Waals surface area contributed by atoms with E-state index in [2.05, 4.69) is 13.8 Å². The number of thioether (sulfide) groups is 1. The molecule has 3 aromatic rings. The summed E-state index contributed by atoms with van der Waals surface area (Å²) in [5.41, 5.74) is 0.761. The number of benzene rings is 1. The van der Waals surface area contributed by atoms with Gasteiger partial charge < -0.3 is 0 Å². The van der Waals surface area contributed by atoms with Gasteiger partial charge in [0.25, 0.3) is 11.5 Å². The van der Waals surface area contributed by atoms with Gasteiger partial charge in [0, 0.05) is 17.6 Å². The van der Waals surface area contributed by atoms with Crippen molar-refractivity contribution in [2.24, 2.45) is 5.92 Å². The SMILES string of the molecule is CCCCC(CC)CN1C(=O)C(=Cc2c(Sc3ccccc3)nc3ccccn3c2=O)SC1=S. The Balaban J connectivity index is 1.71. The van der Waals surface area contributed by atoms with E-state index < -0.39 is 0 Å². The third-order valence-electron chi connectivity index (χ3n) is 5.82. The van der Waals surface area contributed by atoms with Crippen LogP contribution in [-0.2, 0) is 4.79 Å². The third kappa shape index (κ3) is 5.45. The minimum atomic E-state index is -0.205. The number of amides is 1. The molecule has 1 fully saturated rings. The Morgan fingerprint density at radius 1 is 1.12 bits per heavy atom. The predicted octanol–water partition coefficient (Wildman–Crippen LogP) is 6.26. The maximum Gasteiger partial charge on any atom is 0.266 e. The van der Waals surface area contributed by atoms with E-state index in [4.69, 9.17) is 17.2 Å². The zero-order chi connectivity index (χ0) is 24.1. The minimum Gasteiger partial charge on any atom is -0.293 e. The van der Waals surface area contributed by atoms with Gasteiger partial charge in [-0.3, -0.25) is 18.9 Å². The Morgan fingerprint density at radius 2 is 1.88 bits per heavy atom. The molecule has 1 unspecified atom stereocenters. The van der Waals surface area contributed by atoms with Gasteiger partial charge in [0.1, 0.15) is 15.0 Å². The molecule has 2 aromatic heterocycles. The molecule has 8 heteroatoms. The van der Waals surface area contributed by atoms with E-state index in [0.717, 1.165) is 30.6 Å². The van der Waals surface area contributed by atoms with Crippen LogP contribution in [0.3, 0.4) is 0 Å². The lowest BCUT2D eigenvalue weighted by Gasteiger charge is -2.21. The predicted molar refractivity (Wildman–Crippen MR) is 145 cm³/mol. The molecule has 1 aromatic carbocycles. The summed E-state index contributed by atoms with van der Waals surface area (Å²) in [6.45, 7) is 4.96. The zero-order valence-electron chi connectivity index (χ0n) is 19.3. The smallest absolute Gasteiger partial charge is 0.266 e. The highest BCUT2D eigenvalue weighted by molar-refractivity contribution is 8.26. The Kier molecular flexibility index (Phi) is 8.24. The maximum absolute atomic E-state index is 13.4. The van der Waals surface area contributed by atoms with Gasteiger partial charge in [-0.05, 0) is 42.7 Å². The van der Waals surface area contributed by atoms with E-state index in [1.165, 1.54) is 27.9 Å². The van der Waals surface area contributed by atoms with Gasteiger partial charge in [-0.15, -0.1) is 0 Å². The van der Waals surface area contributed by atoms with Gasteiger partial charge in [-0.1, -0.05) is 93.1 Å². The Hall–Kier alpha value is -2.42. The third-order valence-corrected chi connectivity index (χ3v) is 8.22. The number of hydrogen-bond acceptors (Lipinski definition) is 6. The topological polar surface area (TPSA) is 54.7 Å². The molecule has 34 heavy (non-hydrogen) atoms.